The molecule has 0 radical (unpaired) electrons. The summed E-state index contributed by atoms with van der Waals surface area (Å²) in [5, 5.41) is 16.8. The van der Waals surface area contributed by atoms with Crippen molar-refractivity contribution in [3.05, 3.63) is 51.5 Å². The van der Waals surface area contributed by atoms with Crippen molar-refractivity contribution in [3.63, 3.8) is 0 Å². The highest BCUT2D eigenvalue weighted by Crippen LogP contribution is 2.47. The molecule has 0 aromatic carbocycles. The molecule has 2 heterocycles. The maximum Gasteiger partial charge on any atom is 0.337 e. The van der Waals surface area contributed by atoms with E-state index >= 15 is 0 Å². The number of hydrazone groups is 1. The molecule has 1 aromatic rings. The van der Waals surface area contributed by atoms with Gasteiger partial charge in [-0.25, -0.2) is 4.79 Å². The molecule has 1 saturated carbocycles. The number of cyclic esters (lactones) is 1. The number of aromatic nitrogens is 1. The highest BCUT2D eigenvalue weighted by molar-refractivity contribution is 5.98. The van der Waals surface area contributed by atoms with E-state index in [2.05, 4.69) is 22.2 Å². The van der Waals surface area contributed by atoms with Crippen molar-refractivity contribution in [2.75, 3.05) is 14.2 Å². The van der Waals surface area contributed by atoms with E-state index < -0.39 is 11.6 Å². The minimum atomic E-state index is -0.815. The molecule has 0 saturated heterocycles. The third-order valence-electron chi connectivity index (χ3n) is 7.54. The van der Waals surface area contributed by atoms with Gasteiger partial charge in [-0.2, -0.15) is 5.10 Å². The van der Waals surface area contributed by atoms with Gasteiger partial charge in [0, 0.05) is 37.0 Å². The Labute approximate surface area is 224 Å². The summed E-state index contributed by atoms with van der Waals surface area (Å²) < 4.78 is 11.8. The van der Waals surface area contributed by atoms with E-state index in [0.29, 0.717) is 30.0 Å². The number of rotatable bonds is 12. The van der Waals surface area contributed by atoms with E-state index in [0.717, 1.165) is 43.4 Å². The van der Waals surface area contributed by atoms with Crippen LogP contribution in [0.25, 0.3) is 0 Å². The summed E-state index contributed by atoms with van der Waals surface area (Å²) in [5.74, 6) is 0.444. The monoisotopic (exact) mass is 524 g/mol. The Balaban J connectivity index is 1.89. The molecule has 0 spiro atoms. The Kier molecular flexibility index (Phi) is 9.77. The quantitative estimate of drug-likeness (QED) is 0.128. The van der Waals surface area contributed by atoms with Crippen LogP contribution in [0.2, 0.25) is 0 Å². The summed E-state index contributed by atoms with van der Waals surface area (Å²) in [7, 11) is 3.33. The number of nitrogens with one attached hydrogen (secondary N) is 1. The zero-order chi connectivity index (χ0) is 27.9. The average Bonchev–Trinajstić information content (AvgIpc) is 3.44. The molecule has 1 aliphatic carbocycles. The summed E-state index contributed by atoms with van der Waals surface area (Å²) in [6.07, 6.45) is 9.59. The van der Waals surface area contributed by atoms with Crippen molar-refractivity contribution in [3.8, 4) is 5.75 Å². The summed E-state index contributed by atoms with van der Waals surface area (Å²) in [5.41, 5.74) is 8.76. The van der Waals surface area contributed by atoms with Crippen LogP contribution < -0.4 is 10.5 Å². The average molecular weight is 525 g/mol. The number of pyridine rings is 1. The summed E-state index contributed by atoms with van der Waals surface area (Å²) >= 11 is 0. The van der Waals surface area contributed by atoms with Crippen LogP contribution in [0.1, 0.15) is 77.0 Å². The highest BCUT2D eigenvalue weighted by atomic mass is 16.6. The molecule has 1 fully saturated rings. The van der Waals surface area contributed by atoms with Gasteiger partial charge in [0.15, 0.2) is 0 Å². The molecule has 1 aliphatic heterocycles. The Morgan fingerprint density at radius 3 is 2.68 bits per heavy atom. The molecule has 3 N–H and O–H groups in total. The predicted molar refractivity (Wildman–Crippen MR) is 148 cm³/mol. The maximum atomic E-state index is 13.4. The number of methoxy groups -OCH3 is 1. The number of esters is 1. The Hall–Kier alpha value is -3.56. The molecule has 38 heavy (non-hydrogen) atoms. The number of nitrogens with two attached hydrogens (primary N) is 1. The number of aryl methyl sites for hydroxylation is 2. The smallest absolute Gasteiger partial charge is 0.337 e. The molecule has 2 aliphatic rings. The minimum Gasteiger partial charge on any atom is -0.495 e. The molecule has 10 nitrogen and oxygen atoms in total. The Morgan fingerprint density at radius 2 is 2.08 bits per heavy atom. The normalized spacial score (nSPS) is 20.9. The second-order valence-electron chi connectivity index (χ2n) is 10.2. The van der Waals surface area contributed by atoms with Gasteiger partial charge in [-0.15, -0.1) is 4.91 Å². The van der Waals surface area contributed by atoms with E-state index in [4.69, 9.17) is 20.6 Å². The van der Waals surface area contributed by atoms with E-state index in [1.54, 1.807) is 40.3 Å². The lowest BCUT2D eigenvalue weighted by molar-refractivity contribution is -0.165. The summed E-state index contributed by atoms with van der Waals surface area (Å²) in [4.78, 5) is 29.9. The molecule has 0 bridgehead atoms. The van der Waals surface area contributed by atoms with E-state index in [9.17, 15) is 9.70 Å². The Morgan fingerprint density at radius 1 is 1.37 bits per heavy atom. The van der Waals surface area contributed by atoms with Crippen LogP contribution in [0.5, 0.6) is 5.75 Å². The minimum absolute atomic E-state index is 0.0418. The lowest BCUT2D eigenvalue weighted by Gasteiger charge is -2.42. The van der Waals surface area contributed by atoms with Crippen molar-refractivity contribution in [1.29, 1.82) is 5.41 Å². The van der Waals surface area contributed by atoms with Crippen LogP contribution in [-0.4, -0.2) is 47.3 Å². The number of hydrogen-bond donors (Lipinski definition) is 2. The summed E-state index contributed by atoms with van der Waals surface area (Å²) in [6, 6.07) is 2.04. The Bertz CT molecular complexity index is 1150. The molecule has 1 aromatic heterocycles. The molecule has 1 atom stereocenters. The molecular weight excluding hydrogens is 484 g/mol. The van der Waals surface area contributed by atoms with Crippen molar-refractivity contribution < 1.29 is 14.3 Å². The first kappa shape index (κ1) is 29.0. The van der Waals surface area contributed by atoms with E-state index in [1.165, 1.54) is 5.01 Å². The molecule has 1 unspecified atom stereocenters. The standard InChI is InChI=1S/C28H40N6O4/c1-6-22-14-20(25(37-5)17-31-22)11-12-28(21-9-7-8-10-21)16-24(33-36)23(27(35)38-28)15-26(30)32-34(4)19(3)13-18(2)29/h13-14,17,21,29H,6-12,15-16H2,1-5H3,(H2,30,32)/b19-13-,29-18?. The number of nitrogens with zero attached hydrogens (tertiary/aromatic N) is 4. The molecule has 3 rings (SSSR count). The fourth-order valence-corrected chi connectivity index (χ4v) is 5.42. The number of allylic oxidation sites excluding steroid dienone is 2. The number of ether oxygens (including phenoxy) is 2. The van der Waals surface area contributed by atoms with Crippen LogP contribution in [0.4, 0.5) is 0 Å². The van der Waals surface area contributed by atoms with Crippen LogP contribution in [-0.2, 0) is 22.4 Å². The zero-order valence-corrected chi connectivity index (χ0v) is 23.2. The van der Waals surface area contributed by atoms with Gasteiger partial charge in [-0.1, -0.05) is 19.8 Å². The van der Waals surface area contributed by atoms with Gasteiger partial charge in [-0.3, -0.25) is 9.99 Å². The lowest BCUT2D eigenvalue weighted by atomic mass is 9.76. The van der Waals surface area contributed by atoms with E-state index in [-0.39, 0.29) is 35.9 Å². The predicted octanol–water partition coefficient (Wildman–Crippen LogP) is 5.02. The van der Waals surface area contributed by atoms with Crippen LogP contribution in [0, 0.1) is 16.2 Å². The van der Waals surface area contributed by atoms with Gasteiger partial charge < -0.3 is 20.6 Å². The molecule has 10 heteroatoms. The molecule has 206 valence electrons. The first-order valence-electron chi connectivity index (χ1n) is 13.2. The molecular formula is C28H40N6O4. The SMILES string of the molecule is CCc1cc(CCC2(C3CCCC3)CC(N=O)=C(C/C(N)=N/N(C)/C(C)=C\C(C)=N)C(=O)O2)c(OC)cn1. The van der Waals surface area contributed by atoms with Crippen LogP contribution >= 0.6 is 0 Å². The third-order valence-corrected chi connectivity index (χ3v) is 7.54. The topological polar surface area (TPSA) is 143 Å². The number of carbonyl (C=O) groups is 1. The van der Waals surface area contributed by atoms with Crippen LogP contribution in [0.3, 0.4) is 0 Å². The largest absolute Gasteiger partial charge is 0.495 e. The second-order valence-corrected chi connectivity index (χ2v) is 10.2. The molecule has 0 amide bonds. The van der Waals surface area contributed by atoms with Crippen molar-refractivity contribution in [2.24, 2.45) is 21.9 Å². The fourth-order valence-electron chi connectivity index (χ4n) is 5.42. The number of nitroso groups, excluding NO2 is 1. The first-order valence-corrected chi connectivity index (χ1v) is 13.2. The van der Waals surface area contributed by atoms with Gasteiger partial charge in [0.2, 0.25) is 0 Å². The number of carbonyl (C=O) groups excluding carboxylic acids is 1. The number of amidine groups is 1. The second kappa shape index (κ2) is 12.8. The van der Waals surface area contributed by atoms with Gasteiger partial charge in [0.05, 0.1) is 24.6 Å². The van der Waals surface area contributed by atoms with Gasteiger partial charge in [0.1, 0.15) is 17.2 Å². The van der Waals surface area contributed by atoms with Gasteiger partial charge in [-0.05, 0) is 74.8 Å². The van der Waals surface area contributed by atoms with Gasteiger partial charge >= 0.3 is 5.97 Å². The maximum absolute atomic E-state index is 13.4. The third kappa shape index (κ3) is 6.85. The zero-order valence-electron chi connectivity index (χ0n) is 23.2. The first-order chi connectivity index (χ1) is 18.1. The van der Waals surface area contributed by atoms with Crippen LogP contribution in [0.15, 0.2) is 45.6 Å². The number of hydrogen-bond acceptors (Lipinski definition) is 9. The van der Waals surface area contributed by atoms with Crippen molar-refractivity contribution in [2.45, 2.75) is 84.2 Å². The highest BCUT2D eigenvalue weighted by Gasteiger charge is 2.48. The fraction of sp³-hybridized carbons (Fsp3) is 0.571. The lowest BCUT2D eigenvalue weighted by Crippen LogP contribution is -2.46. The van der Waals surface area contributed by atoms with Crippen molar-refractivity contribution in [1.82, 2.24) is 9.99 Å². The van der Waals surface area contributed by atoms with Crippen molar-refractivity contribution >= 4 is 17.5 Å². The summed E-state index contributed by atoms with van der Waals surface area (Å²) in [6.45, 7) is 5.52. The van der Waals surface area contributed by atoms with Gasteiger partial charge in [0.25, 0.3) is 0 Å². The van der Waals surface area contributed by atoms with E-state index in [1.807, 2.05) is 6.07 Å².